The van der Waals surface area contributed by atoms with E-state index in [1.54, 1.807) is 0 Å². The molecule has 1 aliphatic heterocycles. The van der Waals surface area contributed by atoms with Gasteiger partial charge in [-0.1, -0.05) is 18.2 Å². The van der Waals surface area contributed by atoms with Crippen LogP contribution in [0.25, 0.3) is 0 Å². The summed E-state index contributed by atoms with van der Waals surface area (Å²) >= 11 is 1.27. The molecule has 0 bridgehead atoms. The van der Waals surface area contributed by atoms with Crippen molar-refractivity contribution in [3.63, 3.8) is 0 Å². The summed E-state index contributed by atoms with van der Waals surface area (Å²) in [4.78, 5) is 14.0. The first-order valence-corrected chi connectivity index (χ1v) is 8.89. The van der Waals surface area contributed by atoms with Crippen molar-refractivity contribution in [3.8, 4) is 0 Å². The van der Waals surface area contributed by atoms with Crippen LogP contribution in [0.3, 0.4) is 0 Å². The highest BCUT2D eigenvalue weighted by molar-refractivity contribution is 7.99. The Kier molecular flexibility index (Phi) is 5.16. The van der Waals surface area contributed by atoms with E-state index in [2.05, 4.69) is 0 Å². The number of benzene rings is 2. The molecule has 2 aromatic carbocycles. The summed E-state index contributed by atoms with van der Waals surface area (Å²) in [6.07, 6.45) is -9.11. The lowest BCUT2D eigenvalue weighted by molar-refractivity contribution is -0.138. The average Bonchev–Trinajstić information content (AvgIpc) is 3.09. The van der Waals surface area contributed by atoms with Gasteiger partial charge in [-0.15, -0.1) is 11.8 Å². The Morgan fingerprint density at radius 3 is 2.15 bits per heavy atom. The summed E-state index contributed by atoms with van der Waals surface area (Å²) in [7, 11) is 0. The molecule has 0 saturated carbocycles. The zero-order chi connectivity index (χ0) is 19.8. The average molecular weight is 405 g/mol. The number of hydrogen-bond donors (Lipinski definition) is 0. The van der Waals surface area contributed by atoms with E-state index in [1.807, 2.05) is 0 Å². The van der Waals surface area contributed by atoms with Crippen molar-refractivity contribution in [2.45, 2.75) is 17.7 Å². The normalized spacial score (nSPS) is 18.0. The lowest BCUT2D eigenvalue weighted by Crippen LogP contribution is -2.30. The van der Waals surface area contributed by atoms with Gasteiger partial charge in [0.05, 0.1) is 11.1 Å². The zero-order valence-corrected chi connectivity index (χ0v) is 14.5. The van der Waals surface area contributed by atoms with E-state index in [-0.39, 0.29) is 17.7 Å². The smallest absolute Gasteiger partial charge is 0.322 e. The van der Waals surface area contributed by atoms with Crippen LogP contribution >= 0.6 is 11.8 Å². The molecule has 1 amide bonds. The number of alkyl halides is 6. The Hall–Kier alpha value is -2.16. The minimum Gasteiger partial charge on any atom is -0.322 e. The first kappa shape index (κ1) is 19.6. The molecule has 1 heterocycles. The molecule has 0 aliphatic carbocycles. The molecule has 0 spiro atoms. The van der Waals surface area contributed by atoms with Gasteiger partial charge in [0.2, 0.25) is 0 Å². The van der Waals surface area contributed by atoms with Crippen molar-refractivity contribution in [2.24, 2.45) is 0 Å². The quantitative estimate of drug-likeness (QED) is 0.605. The second-order valence-electron chi connectivity index (χ2n) is 5.92. The van der Waals surface area contributed by atoms with Gasteiger partial charge in [-0.3, -0.25) is 4.79 Å². The number of amides is 1. The van der Waals surface area contributed by atoms with Crippen molar-refractivity contribution < 1.29 is 31.1 Å². The van der Waals surface area contributed by atoms with Gasteiger partial charge in [0, 0.05) is 17.9 Å². The third kappa shape index (κ3) is 4.23. The van der Waals surface area contributed by atoms with Crippen LogP contribution in [0, 0.1) is 0 Å². The SMILES string of the molecule is O=C(c1cccc(C(F)(F)F)c1)N1CCS[C@H]1c1cccc(C(F)(F)F)c1. The van der Waals surface area contributed by atoms with Crippen molar-refractivity contribution in [1.82, 2.24) is 4.90 Å². The second kappa shape index (κ2) is 7.10. The molecule has 9 heteroatoms. The van der Waals surface area contributed by atoms with E-state index >= 15 is 0 Å². The summed E-state index contributed by atoms with van der Waals surface area (Å²) in [6, 6.07) is 8.66. The molecule has 144 valence electrons. The monoisotopic (exact) mass is 405 g/mol. The molecule has 1 aliphatic rings. The molecule has 3 rings (SSSR count). The van der Waals surface area contributed by atoms with Crippen LogP contribution < -0.4 is 0 Å². The third-order valence-electron chi connectivity index (χ3n) is 4.09. The number of hydrogen-bond acceptors (Lipinski definition) is 2. The van der Waals surface area contributed by atoms with Gasteiger partial charge < -0.3 is 4.90 Å². The second-order valence-corrected chi connectivity index (χ2v) is 7.11. The Bertz CT molecular complexity index is 848. The largest absolute Gasteiger partial charge is 0.416 e. The minimum absolute atomic E-state index is 0.149. The van der Waals surface area contributed by atoms with Crippen molar-refractivity contribution in [2.75, 3.05) is 12.3 Å². The van der Waals surface area contributed by atoms with Gasteiger partial charge in [0.15, 0.2) is 0 Å². The fourth-order valence-electron chi connectivity index (χ4n) is 2.82. The standard InChI is InChI=1S/C18H13F6NOS/c19-17(20,21)13-5-1-3-11(9-13)15(26)25-7-8-27-16(25)12-4-2-6-14(10-12)18(22,23)24/h1-6,9-10,16H,7-8H2/t16-/m0/s1. The first-order valence-electron chi connectivity index (χ1n) is 7.84. The molecule has 0 N–H and O–H groups in total. The van der Waals surface area contributed by atoms with Crippen molar-refractivity contribution in [3.05, 3.63) is 70.8 Å². The Balaban J connectivity index is 1.90. The number of halogens is 6. The molecule has 1 atom stereocenters. The maximum atomic E-state index is 12.9. The summed E-state index contributed by atoms with van der Waals surface area (Å²) < 4.78 is 77.4. The maximum Gasteiger partial charge on any atom is 0.416 e. The van der Waals surface area contributed by atoms with Crippen LogP contribution in [0.4, 0.5) is 26.3 Å². The van der Waals surface area contributed by atoms with E-state index in [1.165, 1.54) is 34.9 Å². The van der Waals surface area contributed by atoms with Gasteiger partial charge in [-0.25, -0.2) is 0 Å². The third-order valence-corrected chi connectivity index (χ3v) is 5.35. The first-order chi connectivity index (χ1) is 12.6. The molecule has 2 aromatic rings. The number of nitrogens with zero attached hydrogens (tertiary/aromatic N) is 1. The molecule has 0 aromatic heterocycles. The van der Waals surface area contributed by atoms with E-state index < -0.39 is 34.8 Å². The molecule has 1 saturated heterocycles. The number of carbonyl (C=O) groups is 1. The van der Waals surface area contributed by atoms with Crippen LogP contribution in [0.15, 0.2) is 48.5 Å². The predicted molar refractivity (Wildman–Crippen MR) is 89.1 cm³/mol. The lowest BCUT2D eigenvalue weighted by Gasteiger charge is -2.25. The van der Waals surface area contributed by atoms with Gasteiger partial charge in [-0.05, 0) is 35.9 Å². The fourth-order valence-corrected chi connectivity index (χ4v) is 4.06. The molecule has 1 fully saturated rings. The molecule has 0 radical (unpaired) electrons. The van der Waals surface area contributed by atoms with Crippen LogP contribution in [0.1, 0.15) is 32.4 Å². The molecular formula is C18H13F6NOS. The lowest BCUT2D eigenvalue weighted by atomic mass is 10.1. The van der Waals surface area contributed by atoms with E-state index in [4.69, 9.17) is 0 Å². The summed E-state index contributed by atoms with van der Waals surface area (Å²) in [5.41, 5.74) is -1.65. The number of rotatable bonds is 2. The van der Waals surface area contributed by atoms with Crippen LogP contribution in [-0.2, 0) is 12.4 Å². The highest BCUT2D eigenvalue weighted by atomic mass is 32.2. The van der Waals surface area contributed by atoms with Gasteiger partial charge in [-0.2, -0.15) is 26.3 Å². The Morgan fingerprint density at radius 1 is 0.926 bits per heavy atom. The van der Waals surface area contributed by atoms with Crippen LogP contribution in [0.2, 0.25) is 0 Å². The summed E-state index contributed by atoms with van der Waals surface area (Å²) in [5.74, 6) is -0.167. The summed E-state index contributed by atoms with van der Waals surface area (Å²) in [5, 5.41) is -0.686. The highest BCUT2D eigenvalue weighted by Gasteiger charge is 2.36. The van der Waals surface area contributed by atoms with Crippen molar-refractivity contribution >= 4 is 17.7 Å². The molecular weight excluding hydrogens is 392 g/mol. The van der Waals surface area contributed by atoms with E-state index in [9.17, 15) is 31.1 Å². The Labute approximate surface area is 155 Å². The van der Waals surface area contributed by atoms with Crippen molar-refractivity contribution in [1.29, 1.82) is 0 Å². The predicted octanol–water partition coefficient (Wildman–Crippen LogP) is 5.61. The zero-order valence-electron chi connectivity index (χ0n) is 13.6. The van der Waals surface area contributed by atoms with E-state index in [0.29, 0.717) is 5.75 Å². The van der Waals surface area contributed by atoms with E-state index in [0.717, 1.165) is 30.3 Å². The van der Waals surface area contributed by atoms with Crippen LogP contribution in [0.5, 0.6) is 0 Å². The summed E-state index contributed by atoms with van der Waals surface area (Å²) in [6.45, 7) is 0.237. The van der Waals surface area contributed by atoms with Crippen LogP contribution in [-0.4, -0.2) is 23.1 Å². The molecule has 0 unspecified atom stereocenters. The topological polar surface area (TPSA) is 20.3 Å². The number of thioether (sulfide) groups is 1. The number of carbonyl (C=O) groups excluding carboxylic acids is 1. The van der Waals surface area contributed by atoms with Gasteiger partial charge >= 0.3 is 12.4 Å². The Morgan fingerprint density at radius 2 is 1.52 bits per heavy atom. The van der Waals surface area contributed by atoms with Gasteiger partial charge in [0.1, 0.15) is 5.37 Å². The maximum absolute atomic E-state index is 12.9. The highest BCUT2D eigenvalue weighted by Crippen LogP contribution is 2.41. The molecule has 2 nitrogen and oxygen atoms in total. The molecule has 27 heavy (non-hydrogen) atoms. The fraction of sp³-hybridized carbons (Fsp3) is 0.278. The minimum atomic E-state index is -4.59. The van der Waals surface area contributed by atoms with Gasteiger partial charge in [0.25, 0.3) is 5.91 Å².